The average molecular weight is 182 g/mol. The maximum Gasteiger partial charge on any atom is 0.492 e. The van der Waals surface area contributed by atoms with Crippen LogP contribution in [-0.4, -0.2) is 30.9 Å². The summed E-state index contributed by atoms with van der Waals surface area (Å²) in [6.07, 6.45) is 0.0375. The monoisotopic (exact) mass is 182 g/mol. The van der Waals surface area contributed by atoms with Crippen LogP contribution < -0.4 is 0 Å². The van der Waals surface area contributed by atoms with Crippen molar-refractivity contribution < 1.29 is 12.9 Å². The largest absolute Gasteiger partial charge is 0.492 e. The van der Waals surface area contributed by atoms with Gasteiger partial charge in [0.15, 0.2) is 0 Å². The van der Waals surface area contributed by atoms with Crippen LogP contribution in [0.3, 0.4) is 0 Å². The van der Waals surface area contributed by atoms with E-state index < -0.39 is 13.4 Å². The molecule has 1 nitrogen and oxygen atoms in total. The molecule has 0 aliphatic rings. The Labute approximate surface area is 72.0 Å². The van der Waals surface area contributed by atoms with Crippen molar-refractivity contribution in [1.29, 1.82) is 0 Å². The van der Waals surface area contributed by atoms with Gasteiger partial charge < -0.3 is 17.8 Å². The molecule has 12 heavy (non-hydrogen) atoms. The minimum atomic E-state index is -4.67. The molecule has 0 aliphatic carbocycles. The third-order valence-corrected chi connectivity index (χ3v) is 1.68. The summed E-state index contributed by atoms with van der Waals surface area (Å²) < 4.78 is 36.0. The minimum Gasteiger partial charge on any atom is -0.448 e. The standard InChI is InChI=1S/C7H16BF3N/c1-4-5-12(7(2)3)6-8(9,10)11/h7H,4-6H2,1-3H3/q-1. The van der Waals surface area contributed by atoms with Gasteiger partial charge in [0.05, 0.1) is 0 Å². The van der Waals surface area contributed by atoms with Crippen molar-refractivity contribution >= 4 is 6.98 Å². The normalized spacial score (nSPS) is 13.0. The van der Waals surface area contributed by atoms with Crippen molar-refractivity contribution in [3.63, 3.8) is 0 Å². The van der Waals surface area contributed by atoms with Gasteiger partial charge in [-0.1, -0.05) is 6.92 Å². The molecule has 0 saturated carbocycles. The summed E-state index contributed by atoms with van der Waals surface area (Å²) in [5, 5.41) is 0. The Hall–Kier alpha value is -0.185. The van der Waals surface area contributed by atoms with E-state index in [-0.39, 0.29) is 6.04 Å². The topological polar surface area (TPSA) is 3.24 Å². The number of rotatable bonds is 5. The minimum absolute atomic E-state index is 0.0200. The number of halogens is 3. The second-order valence-corrected chi connectivity index (χ2v) is 3.30. The van der Waals surface area contributed by atoms with Gasteiger partial charge in [-0.25, -0.2) is 0 Å². The van der Waals surface area contributed by atoms with Crippen LogP contribution in [0.2, 0.25) is 0 Å². The highest BCUT2D eigenvalue weighted by Gasteiger charge is 2.26. The fourth-order valence-corrected chi connectivity index (χ4v) is 1.11. The molecule has 0 aromatic carbocycles. The average Bonchev–Trinajstić information content (AvgIpc) is 1.83. The van der Waals surface area contributed by atoms with Gasteiger partial charge in [0.1, 0.15) is 0 Å². The fraction of sp³-hybridized carbons (Fsp3) is 1.00. The molecule has 5 heteroatoms. The lowest BCUT2D eigenvalue weighted by Gasteiger charge is -2.30. The van der Waals surface area contributed by atoms with E-state index in [1.165, 1.54) is 4.90 Å². The molecule has 74 valence electrons. The Morgan fingerprint density at radius 3 is 2.00 bits per heavy atom. The van der Waals surface area contributed by atoms with Crippen LogP contribution in [0.15, 0.2) is 0 Å². The Kier molecular flexibility index (Phi) is 4.67. The Morgan fingerprint density at radius 2 is 1.75 bits per heavy atom. The van der Waals surface area contributed by atoms with Crippen molar-refractivity contribution in [2.24, 2.45) is 0 Å². The van der Waals surface area contributed by atoms with Crippen molar-refractivity contribution in [1.82, 2.24) is 4.90 Å². The number of hydrogen-bond donors (Lipinski definition) is 0. The van der Waals surface area contributed by atoms with E-state index in [4.69, 9.17) is 0 Å². The number of hydrogen-bond acceptors (Lipinski definition) is 1. The maximum atomic E-state index is 12.0. The van der Waals surface area contributed by atoms with Crippen LogP contribution in [0.4, 0.5) is 12.9 Å². The van der Waals surface area contributed by atoms with E-state index in [9.17, 15) is 12.9 Å². The van der Waals surface area contributed by atoms with Gasteiger partial charge in [0.2, 0.25) is 0 Å². The van der Waals surface area contributed by atoms with Crippen LogP contribution in [-0.2, 0) is 0 Å². The van der Waals surface area contributed by atoms with E-state index in [0.717, 1.165) is 6.42 Å². The Balaban J connectivity index is 3.95. The predicted molar refractivity (Wildman–Crippen MR) is 46.1 cm³/mol. The predicted octanol–water partition coefficient (Wildman–Crippen LogP) is 2.49. The molecule has 0 aromatic rings. The molecule has 0 N–H and O–H groups in total. The summed E-state index contributed by atoms with van der Waals surface area (Å²) in [6.45, 7) is 1.33. The quantitative estimate of drug-likeness (QED) is 0.590. The molecule has 0 rings (SSSR count). The van der Waals surface area contributed by atoms with Crippen LogP contribution in [0.1, 0.15) is 27.2 Å². The summed E-state index contributed by atoms with van der Waals surface area (Å²) in [5.41, 5.74) is 0. The summed E-state index contributed by atoms with van der Waals surface area (Å²) >= 11 is 0. The van der Waals surface area contributed by atoms with Crippen LogP contribution in [0, 0.1) is 0 Å². The van der Waals surface area contributed by atoms with Gasteiger partial charge >= 0.3 is 6.98 Å². The second-order valence-electron chi connectivity index (χ2n) is 3.30. The SMILES string of the molecule is CCCN(C[B-](F)(F)F)C(C)C. The van der Waals surface area contributed by atoms with E-state index in [1.54, 1.807) is 13.8 Å². The summed E-state index contributed by atoms with van der Waals surface area (Å²) in [4.78, 5) is 1.46. The van der Waals surface area contributed by atoms with Gasteiger partial charge in [0, 0.05) is 6.04 Å². The number of nitrogens with zero attached hydrogens (tertiary/aromatic N) is 1. The zero-order valence-corrected chi connectivity index (χ0v) is 7.86. The lowest BCUT2D eigenvalue weighted by molar-refractivity contribution is 0.230. The van der Waals surface area contributed by atoms with Gasteiger partial charge in [0.25, 0.3) is 0 Å². The van der Waals surface area contributed by atoms with Crippen LogP contribution >= 0.6 is 0 Å². The molecule has 0 atom stereocenters. The van der Waals surface area contributed by atoms with Crippen molar-refractivity contribution in [2.75, 3.05) is 13.0 Å². The first-order chi connectivity index (χ1) is 5.37. The first-order valence-electron chi connectivity index (χ1n) is 4.32. The highest BCUT2D eigenvalue weighted by molar-refractivity contribution is 6.58. The molecule has 0 amide bonds. The zero-order chi connectivity index (χ0) is 9.78. The Morgan fingerprint density at radius 1 is 1.25 bits per heavy atom. The zero-order valence-electron chi connectivity index (χ0n) is 7.86. The first-order valence-corrected chi connectivity index (χ1v) is 4.32. The summed E-state index contributed by atoms with van der Waals surface area (Å²) in [6, 6.07) is -0.0200. The van der Waals surface area contributed by atoms with E-state index >= 15 is 0 Å². The van der Waals surface area contributed by atoms with Gasteiger partial charge in [-0.05, 0) is 33.3 Å². The highest BCUT2D eigenvalue weighted by atomic mass is 19.4. The molecule has 0 aliphatic heterocycles. The smallest absolute Gasteiger partial charge is 0.448 e. The van der Waals surface area contributed by atoms with Crippen LogP contribution in [0.25, 0.3) is 0 Å². The molecule has 0 spiro atoms. The van der Waals surface area contributed by atoms with Crippen molar-refractivity contribution in [3.8, 4) is 0 Å². The third kappa shape index (κ3) is 5.46. The van der Waals surface area contributed by atoms with Crippen molar-refractivity contribution in [3.05, 3.63) is 0 Å². The molecular formula is C7H16BF3N-. The molecule has 0 unspecified atom stereocenters. The Bertz CT molecular complexity index is 124. The van der Waals surface area contributed by atoms with E-state index in [1.807, 2.05) is 6.92 Å². The second kappa shape index (κ2) is 4.75. The lowest BCUT2D eigenvalue weighted by atomic mass is 9.90. The summed E-state index contributed by atoms with van der Waals surface area (Å²) in [5.74, 6) is 0. The van der Waals surface area contributed by atoms with E-state index in [2.05, 4.69) is 0 Å². The van der Waals surface area contributed by atoms with Gasteiger partial charge in [-0.3, -0.25) is 0 Å². The molecule has 0 radical (unpaired) electrons. The third-order valence-electron chi connectivity index (χ3n) is 1.68. The highest BCUT2D eigenvalue weighted by Crippen LogP contribution is 2.12. The molecule has 0 saturated heterocycles. The van der Waals surface area contributed by atoms with E-state index in [0.29, 0.717) is 6.54 Å². The maximum absolute atomic E-state index is 12.0. The molecule has 0 fully saturated rings. The first kappa shape index (κ1) is 11.8. The van der Waals surface area contributed by atoms with Crippen molar-refractivity contribution in [2.45, 2.75) is 33.2 Å². The molecule has 0 bridgehead atoms. The molecular weight excluding hydrogens is 166 g/mol. The van der Waals surface area contributed by atoms with Gasteiger partial charge in [-0.15, -0.1) is 0 Å². The summed E-state index contributed by atoms with van der Waals surface area (Å²) in [7, 11) is 0. The molecule has 0 heterocycles. The lowest BCUT2D eigenvalue weighted by Crippen LogP contribution is -2.42. The van der Waals surface area contributed by atoms with Gasteiger partial charge in [-0.2, -0.15) is 0 Å². The van der Waals surface area contributed by atoms with Crippen LogP contribution in [0.5, 0.6) is 0 Å². The fourth-order valence-electron chi connectivity index (χ4n) is 1.11. The molecule has 0 aromatic heterocycles.